The number of phenolic OH excluding ortho intramolecular Hbond substituents is 1. The molecule has 3 heterocycles. The number of aromatic hydroxyl groups is 1. The molecular formula is C28H29BrN2O4S. The molecule has 1 aromatic heterocycles. The van der Waals surface area contributed by atoms with E-state index in [1.807, 2.05) is 35.7 Å². The van der Waals surface area contributed by atoms with Crippen molar-refractivity contribution >= 4 is 39.2 Å². The minimum absolute atomic E-state index is 0.0451. The summed E-state index contributed by atoms with van der Waals surface area (Å²) in [6.07, 6.45) is 10.9. The third-order valence-corrected chi connectivity index (χ3v) is 10.7. The van der Waals surface area contributed by atoms with Crippen molar-refractivity contribution in [2.75, 3.05) is 20.1 Å². The lowest BCUT2D eigenvalue weighted by atomic mass is 9.50. The van der Waals surface area contributed by atoms with Gasteiger partial charge >= 0.3 is 0 Å². The van der Waals surface area contributed by atoms with Crippen LogP contribution in [0.3, 0.4) is 0 Å². The second kappa shape index (κ2) is 7.93. The van der Waals surface area contributed by atoms with Gasteiger partial charge in [-0.05, 0) is 77.8 Å². The van der Waals surface area contributed by atoms with Crippen molar-refractivity contribution in [1.82, 2.24) is 9.80 Å². The van der Waals surface area contributed by atoms with Crippen LogP contribution in [-0.4, -0.2) is 69.8 Å². The van der Waals surface area contributed by atoms with Gasteiger partial charge in [0.2, 0.25) is 5.91 Å². The van der Waals surface area contributed by atoms with Gasteiger partial charge in [-0.2, -0.15) is 0 Å². The number of likely N-dealkylation sites (tertiary alicyclic amines) is 1. The summed E-state index contributed by atoms with van der Waals surface area (Å²) in [5.74, 6) is 1.20. The number of likely N-dealkylation sites (N-methyl/N-ethyl adjacent to an activating group) is 1. The van der Waals surface area contributed by atoms with Crippen molar-refractivity contribution in [3.8, 4) is 11.5 Å². The van der Waals surface area contributed by atoms with Crippen molar-refractivity contribution in [2.24, 2.45) is 5.92 Å². The van der Waals surface area contributed by atoms with E-state index in [1.54, 1.807) is 35.4 Å². The smallest absolute Gasteiger partial charge is 0.246 e. The lowest BCUT2D eigenvalue weighted by Crippen LogP contribution is -2.76. The number of nitrogens with zero attached hydrogens (tertiary/aromatic N) is 2. The molecule has 1 spiro atoms. The second-order valence-corrected chi connectivity index (χ2v) is 12.8. The van der Waals surface area contributed by atoms with Gasteiger partial charge in [-0.25, -0.2) is 0 Å². The summed E-state index contributed by atoms with van der Waals surface area (Å²) >= 11 is 5.02. The van der Waals surface area contributed by atoms with Crippen LogP contribution in [0.4, 0.5) is 0 Å². The quantitative estimate of drug-likeness (QED) is 0.419. The fourth-order valence-corrected chi connectivity index (χ4v) is 8.52. The van der Waals surface area contributed by atoms with E-state index >= 15 is 0 Å². The van der Waals surface area contributed by atoms with Gasteiger partial charge in [0, 0.05) is 46.0 Å². The first-order valence-electron chi connectivity index (χ1n) is 12.7. The molecule has 5 atom stereocenters. The predicted molar refractivity (Wildman–Crippen MR) is 142 cm³/mol. The summed E-state index contributed by atoms with van der Waals surface area (Å²) in [5.41, 5.74) is 0.282. The van der Waals surface area contributed by atoms with Crippen LogP contribution in [0.1, 0.15) is 35.3 Å². The van der Waals surface area contributed by atoms with Gasteiger partial charge in [0.25, 0.3) is 0 Å². The Morgan fingerprint density at radius 3 is 2.97 bits per heavy atom. The lowest BCUT2D eigenvalue weighted by Gasteiger charge is -2.62. The van der Waals surface area contributed by atoms with E-state index in [2.05, 4.69) is 20.8 Å². The summed E-state index contributed by atoms with van der Waals surface area (Å²) in [6, 6.07) is 5.28. The van der Waals surface area contributed by atoms with E-state index in [0.717, 1.165) is 52.3 Å². The zero-order valence-corrected chi connectivity index (χ0v) is 22.5. The maximum Gasteiger partial charge on any atom is 0.246 e. The van der Waals surface area contributed by atoms with Gasteiger partial charge in [0.15, 0.2) is 11.5 Å². The number of carbonyl (C=O) groups excluding carboxylic acids is 1. The lowest BCUT2D eigenvalue weighted by molar-refractivity contribution is -0.154. The Hall–Kier alpha value is -2.13. The fourth-order valence-electron chi connectivity index (χ4n) is 7.18. The van der Waals surface area contributed by atoms with Crippen LogP contribution < -0.4 is 4.74 Å². The fraction of sp³-hybridized carbons (Fsp3) is 0.464. The summed E-state index contributed by atoms with van der Waals surface area (Å²) in [4.78, 5) is 18.4. The molecule has 6 nitrogen and oxygen atoms in total. The molecule has 2 aliphatic heterocycles. The Labute approximate surface area is 223 Å². The maximum atomic E-state index is 13.3. The molecule has 8 heteroatoms. The summed E-state index contributed by atoms with van der Waals surface area (Å²) in [5, 5.41) is 25.3. The van der Waals surface area contributed by atoms with Crippen LogP contribution in [0, 0.1) is 5.92 Å². The number of hydrogen-bond acceptors (Lipinski definition) is 6. The van der Waals surface area contributed by atoms with E-state index in [9.17, 15) is 15.0 Å². The topological polar surface area (TPSA) is 73.2 Å². The minimum atomic E-state index is -1.11. The molecule has 0 radical (unpaired) electrons. The SMILES string of the molecule is CN(C(=O)/C=C/c1cc(Br)cs1)C1C=C[C@@]2(O)[C@H]3Cc4ccc(O)c5c4[C@@]2(CCN3CC2CC2)C1O5. The van der Waals surface area contributed by atoms with Gasteiger partial charge in [-0.3, -0.25) is 9.69 Å². The van der Waals surface area contributed by atoms with Crippen LogP contribution in [0.25, 0.3) is 6.08 Å². The molecule has 2 aromatic rings. The number of piperidine rings is 1. The van der Waals surface area contributed by atoms with Gasteiger partial charge in [0.1, 0.15) is 11.7 Å². The molecule has 5 aliphatic rings. The zero-order valence-electron chi connectivity index (χ0n) is 20.1. The zero-order chi connectivity index (χ0) is 24.8. The first-order valence-corrected chi connectivity index (χ1v) is 14.4. The number of aliphatic hydroxyl groups is 1. The number of ether oxygens (including phenoxy) is 1. The van der Waals surface area contributed by atoms with Gasteiger partial charge in [-0.1, -0.05) is 18.2 Å². The van der Waals surface area contributed by atoms with Crippen molar-refractivity contribution < 1.29 is 19.7 Å². The third-order valence-electron chi connectivity index (χ3n) is 9.09. The molecule has 3 aliphatic carbocycles. The molecule has 1 saturated heterocycles. The molecule has 2 fully saturated rings. The largest absolute Gasteiger partial charge is 0.504 e. The normalized spacial score (nSPS) is 34.0. The highest BCUT2D eigenvalue weighted by atomic mass is 79.9. The third kappa shape index (κ3) is 3.11. The molecule has 36 heavy (non-hydrogen) atoms. The molecule has 2 bridgehead atoms. The Balaban J connectivity index is 1.29. The van der Waals surface area contributed by atoms with Crippen molar-refractivity contribution in [3.05, 3.63) is 62.3 Å². The van der Waals surface area contributed by atoms with Gasteiger partial charge in [-0.15, -0.1) is 11.3 Å². The molecule has 2 unspecified atom stereocenters. The number of thiophene rings is 1. The van der Waals surface area contributed by atoms with Crippen molar-refractivity contribution in [3.63, 3.8) is 0 Å². The first-order chi connectivity index (χ1) is 17.3. The van der Waals surface area contributed by atoms with Gasteiger partial charge in [0.05, 0.1) is 11.5 Å². The van der Waals surface area contributed by atoms with Crippen molar-refractivity contribution in [2.45, 2.75) is 54.9 Å². The van der Waals surface area contributed by atoms with E-state index < -0.39 is 17.1 Å². The summed E-state index contributed by atoms with van der Waals surface area (Å²) in [6.45, 7) is 1.90. The highest BCUT2D eigenvalue weighted by Gasteiger charge is 2.72. The first kappa shape index (κ1) is 23.0. The Morgan fingerprint density at radius 1 is 1.39 bits per heavy atom. The molecular weight excluding hydrogens is 540 g/mol. The van der Waals surface area contributed by atoms with Crippen LogP contribution in [-0.2, 0) is 16.6 Å². The van der Waals surface area contributed by atoms with E-state index in [0.29, 0.717) is 5.75 Å². The van der Waals surface area contributed by atoms with E-state index in [-0.39, 0.29) is 23.7 Å². The monoisotopic (exact) mass is 568 g/mol. The molecule has 1 aromatic carbocycles. The standard InChI is InChI=1S/C28H29BrN2O4S/c1-30(23(33)7-5-19-13-18(29)15-36-19)20-8-9-28(34)22-12-17-4-6-21(32)25-24(17)27(28,26(20)35-25)10-11-31(22)14-16-2-3-16/h4-9,13,15-16,20,22,26,32,34H,2-3,10-12,14H2,1H3/b7-5+/t20?,22-,26?,27+,28-/m1/s1. The summed E-state index contributed by atoms with van der Waals surface area (Å²) in [7, 11) is 1.79. The number of halogens is 1. The highest BCUT2D eigenvalue weighted by Crippen LogP contribution is 2.64. The number of benzene rings is 1. The average molecular weight is 570 g/mol. The Bertz CT molecular complexity index is 1320. The Morgan fingerprint density at radius 2 is 2.22 bits per heavy atom. The number of rotatable bonds is 5. The van der Waals surface area contributed by atoms with Crippen LogP contribution >= 0.6 is 27.3 Å². The molecule has 7 rings (SSSR count). The van der Waals surface area contributed by atoms with E-state index in [1.165, 1.54) is 12.8 Å². The number of carbonyl (C=O) groups is 1. The number of phenols is 1. The number of amides is 1. The molecule has 188 valence electrons. The van der Waals surface area contributed by atoms with E-state index in [4.69, 9.17) is 4.74 Å². The molecule has 2 N–H and O–H groups in total. The van der Waals surface area contributed by atoms with Crippen LogP contribution in [0.2, 0.25) is 0 Å². The number of hydrogen-bond donors (Lipinski definition) is 2. The van der Waals surface area contributed by atoms with Crippen LogP contribution in [0.15, 0.2) is 46.3 Å². The average Bonchev–Trinajstić information content (AvgIpc) is 3.46. The predicted octanol–water partition coefficient (Wildman–Crippen LogP) is 4.10. The molecule has 1 amide bonds. The highest BCUT2D eigenvalue weighted by molar-refractivity contribution is 9.10. The van der Waals surface area contributed by atoms with Crippen LogP contribution in [0.5, 0.6) is 11.5 Å². The van der Waals surface area contributed by atoms with Gasteiger partial charge < -0.3 is 19.8 Å². The summed E-state index contributed by atoms with van der Waals surface area (Å²) < 4.78 is 7.55. The Kier molecular flexibility index (Phi) is 5.07. The molecule has 1 saturated carbocycles. The maximum absolute atomic E-state index is 13.3. The van der Waals surface area contributed by atoms with Crippen molar-refractivity contribution in [1.29, 1.82) is 0 Å². The minimum Gasteiger partial charge on any atom is -0.504 e. The second-order valence-electron chi connectivity index (χ2n) is 11.0.